The molecule has 2 aliphatic heterocycles. The fourth-order valence-corrected chi connectivity index (χ4v) is 5.76. The van der Waals surface area contributed by atoms with Crippen molar-refractivity contribution in [1.82, 2.24) is 9.21 Å². The highest BCUT2D eigenvalue weighted by Gasteiger charge is 2.33. The van der Waals surface area contributed by atoms with E-state index in [0.29, 0.717) is 32.5 Å². The summed E-state index contributed by atoms with van der Waals surface area (Å²) in [4.78, 5) is 14.9. The monoisotopic (exact) mass is 398 g/mol. The van der Waals surface area contributed by atoms with E-state index in [1.54, 1.807) is 4.31 Å². The zero-order chi connectivity index (χ0) is 19.6. The standard InChI is InChI=1S/C22H26N2O3S/c25-22(23-13-10-19-8-4-5-9-21(19)16-23)20-11-14-24(15-12-20)28(26,27)17-18-6-2-1-3-7-18/h1-9,20H,10-17H2. The quantitative estimate of drug-likeness (QED) is 0.796. The molecule has 0 aromatic heterocycles. The molecule has 0 aliphatic carbocycles. The summed E-state index contributed by atoms with van der Waals surface area (Å²) in [7, 11) is -3.34. The van der Waals surface area contributed by atoms with Crippen LogP contribution in [0.3, 0.4) is 0 Å². The van der Waals surface area contributed by atoms with E-state index < -0.39 is 10.0 Å². The van der Waals surface area contributed by atoms with Crippen molar-refractivity contribution in [2.75, 3.05) is 19.6 Å². The molecule has 0 unspecified atom stereocenters. The molecule has 0 bridgehead atoms. The number of carbonyl (C=O) groups excluding carboxylic acids is 1. The Bertz CT molecular complexity index is 935. The minimum Gasteiger partial charge on any atom is -0.338 e. The molecular formula is C22H26N2O3S. The molecule has 1 amide bonds. The molecule has 1 fully saturated rings. The van der Waals surface area contributed by atoms with Crippen LogP contribution >= 0.6 is 0 Å². The summed E-state index contributed by atoms with van der Waals surface area (Å²) in [5.74, 6) is 0.123. The molecule has 6 heteroatoms. The summed E-state index contributed by atoms with van der Waals surface area (Å²) in [5, 5.41) is 0. The number of fused-ring (bicyclic) bond motifs is 1. The van der Waals surface area contributed by atoms with Crippen molar-refractivity contribution < 1.29 is 13.2 Å². The molecule has 2 aliphatic rings. The maximum atomic E-state index is 13.0. The topological polar surface area (TPSA) is 57.7 Å². The van der Waals surface area contributed by atoms with Gasteiger partial charge in [0, 0.05) is 32.1 Å². The Morgan fingerprint density at radius 2 is 1.54 bits per heavy atom. The lowest BCUT2D eigenvalue weighted by Gasteiger charge is -2.35. The number of hydrogen-bond acceptors (Lipinski definition) is 3. The lowest BCUT2D eigenvalue weighted by atomic mass is 9.94. The van der Waals surface area contributed by atoms with Crippen molar-refractivity contribution in [3.8, 4) is 0 Å². The second-order valence-electron chi connectivity index (χ2n) is 7.69. The first-order valence-corrected chi connectivity index (χ1v) is 11.5. The minimum absolute atomic E-state index is 0.0232. The van der Waals surface area contributed by atoms with E-state index in [9.17, 15) is 13.2 Å². The number of carbonyl (C=O) groups is 1. The van der Waals surface area contributed by atoms with Crippen molar-refractivity contribution in [1.29, 1.82) is 0 Å². The van der Waals surface area contributed by atoms with Gasteiger partial charge in [0.25, 0.3) is 0 Å². The van der Waals surface area contributed by atoms with Crippen molar-refractivity contribution in [3.63, 3.8) is 0 Å². The third-order valence-electron chi connectivity index (χ3n) is 5.83. The minimum atomic E-state index is -3.34. The summed E-state index contributed by atoms with van der Waals surface area (Å²) in [6.45, 7) is 2.27. The highest BCUT2D eigenvalue weighted by molar-refractivity contribution is 7.88. The molecule has 2 heterocycles. The van der Waals surface area contributed by atoms with Crippen LogP contribution in [0.5, 0.6) is 0 Å². The van der Waals surface area contributed by atoms with Gasteiger partial charge < -0.3 is 4.90 Å². The van der Waals surface area contributed by atoms with Gasteiger partial charge in [0.15, 0.2) is 0 Å². The summed E-state index contributed by atoms with van der Waals surface area (Å²) in [5.41, 5.74) is 3.35. The zero-order valence-corrected chi connectivity index (χ0v) is 16.8. The molecule has 0 N–H and O–H groups in total. The Balaban J connectivity index is 1.34. The summed E-state index contributed by atoms with van der Waals surface area (Å²) < 4.78 is 27.0. The Labute approximate surface area is 167 Å². The first-order valence-electron chi connectivity index (χ1n) is 9.90. The van der Waals surface area contributed by atoms with Crippen molar-refractivity contribution in [2.45, 2.75) is 31.6 Å². The maximum absolute atomic E-state index is 13.0. The fourth-order valence-electron chi connectivity index (χ4n) is 4.20. The predicted molar refractivity (Wildman–Crippen MR) is 109 cm³/mol. The van der Waals surface area contributed by atoms with Crippen LogP contribution in [-0.4, -0.2) is 43.2 Å². The van der Waals surface area contributed by atoms with Crippen LogP contribution in [0.15, 0.2) is 54.6 Å². The van der Waals surface area contributed by atoms with Crippen LogP contribution in [0.4, 0.5) is 0 Å². The number of amides is 1. The largest absolute Gasteiger partial charge is 0.338 e. The molecule has 1 saturated heterocycles. The molecule has 4 rings (SSSR count). The zero-order valence-electron chi connectivity index (χ0n) is 16.0. The van der Waals surface area contributed by atoms with Crippen LogP contribution in [-0.2, 0) is 33.5 Å². The van der Waals surface area contributed by atoms with Gasteiger partial charge in [0.05, 0.1) is 5.75 Å². The number of sulfonamides is 1. The van der Waals surface area contributed by atoms with E-state index in [1.165, 1.54) is 11.1 Å². The summed E-state index contributed by atoms with van der Waals surface area (Å²) in [6.07, 6.45) is 2.10. The van der Waals surface area contributed by atoms with Gasteiger partial charge in [-0.15, -0.1) is 0 Å². The molecule has 0 saturated carbocycles. The van der Waals surface area contributed by atoms with Gasteiger partial charge in [-0.1, -0.05) is 54.6 Å². The van der Waals surface area contributed by atoms with Crippen LogP contribution < -0.4 is 0 Å². The molecule has 0 spiro atoms. The van der Waals surface area contributed by atoms with Gasteiger partial charge in [-0.25, -0.2) is 12.7 Å². The Morgan fingerprint density at radius 1 is 0.893 bits per heavy atom. The number of piperidine rings is 1. The average molecular weight is 399 g/mol. The second kappa shape index (κ2) is 8.05. The molecular weight excluding hydrogens is 372 g/mol. The number of nitrogens with zero attached hydrogens (tertiary/aromatic N) is 2. The maximum Gasteiger partial charge on any atom is 0.226 e. The van der Waals surface area contributed by atoms with Crippen molar-refractivity contribution in [2.24, 2.45) is 5.92 Å². The van der Waals surface area contributed by atoms with Crippen LogP contribution in [0.1, 0.15) is 29.5 Å². The Hall–Kier alpha value is -2.18. The molecule has 28 heavy (non-hydrogen) atoms. The van der Waals surface area contributed by atoms with Gasteiger partial charge >= 0.3 is 0 Å². The fraction of sp³-hybridized carbons (Fsp3) is 0.409. The van der Waals surface area contributed by atoms with E-state index in [-0.39, 0.29) is 17.6 Å². The van der Waals surface area contributed by atoms with Crippen LogP contribution in [0.2, 0.25) is 0 Å². The van der Waals surface area contributed by atoms with Gasteiger partial charge in [-0.2, -0.15) is 0 Å². The second-order valence-corrected chi connectivity index (χ2v) is 9.66. The first kappa shape index (κ1) is 19.2. The Kier molecular flexibility index (Phi) is 5.51. The number of benzene rings is 2. The third kappa shape index (κ3) is 4.13. The molecule has 2 aromatic rings. The lowest BCUT2D eigenvalue weighted by molar-refractivity contribution is -0.137. The van der Waals surface area contributed by atoms with E-state index in [0.717, 1.165) is 18.5 Å². The van der Waals surface area contributed by atoms with Crippen LogP contribution in [0.25, 0.3) is 0 Å². The van der Waals surface area contributed by atoms with Crippen LogP contribution in [0, 0.1) is 5.92 Å². The van der Waals surface area contributed by atoms with E-state index >= 15 is 0 Å². The Morgan fingerprint density at radius 3 is 2.25 bits per heavy atom. The molecule has 5 nitrogen and oxygen atoms in total. The average Bonchev–Trinajstić information content (AvgIpc) is 2.73. The molecule has 148 valence electrons. The third-order valence-corrected chi connectivity index (χ3v) is 7.68. The highest BCUT2D eigenvalue weighted by atomic mass is 32.2. The van der Waals surface area contributed by atoms with Gasteiger partial charge in [-0.05, 0) is 36.0 Å². The van der Waals surface area contributed by atoms with Gasteiger partial charge in [0.1, 0.15) is 0 Å². The molecule has 2 aromatic carbocycles. The van der Waals surface area contributed by atoms with Gasteiger partial charge in [-0.3, -0.25) is 4.79 Å². The summed E-state index contributed by atoms with van der Waals surface area (Å²) in [6, 6.07) is 17.5. The summed E-state index contributed by atoms with van der Waals surface area (Å²) >= 11 is 0. The SMILES string of the molecule is O=C(C1CCN(S(=O)(=O)Cc2ccccc2)CC1)N1CCc2ccccc2C1. The van der Waals surface area contributed by atoms with Crippen molar-refractivity contribution in [3.05, 3.63) is 71.3 Å². The molecule has 0 radical (unpaired) electrons. The van der Waals surface area contributed by atoms with E-state index in [1.807, 2.05) is 47.4 Å². The first-order chi connectivity index (χ1) is 13.5. The number of rotatable bonds is 4. The smallest absolute Gasteiger partial charge is 0.226 e. The van der Waals surface area contributed by atoms with Gasteiger partial charge in [0.2, 0.25) is 15.9 Å². The normalized spacial score (nSPS) is 18.6. The number of hydrogen-bond donors (Lipinski definition) is 0. The lowest BCUT2D eigenvalue weighted by Crippen LogP contribution is -2.45. The molecule has 0 atom stereocenters. The highest BCUT2D eigenvalue weighted by Crippen LogP contribution is 2.26. The van der Waals surface area contributed by atoms with E-state index in [4.69, 9.17) is 0 Å². The van der Waals surface area contributed by atoms with E-state index in [2.05, 4.69) is 12.1 Å². The van der Waals surface area contributed by atoms with Crippen molar-refractivity contribution >= 4 is 15.9 Å². The predicted octanol–water partition coefficient (Wildman–Crippen LogP) is 2.81.